The Labute approximate surface area is 170 Å². The van der Waals surface area contributed by atoms with E-state index in [-0.39, 0.29) is 0 Å². The Kier molecular flexibility index (Phi) is 7.22. The first kappa shape index (κ1) is 22.5. The average molecular weight is 385 g/mol. The van der Waals surface area contributed by atoms with E-state index in [1.165, 1.54) is 12.1 Å². The summed E-state index contributed by atoms with van der Waals surface area (Å²) in [5, 5.41) is 0. The summed E-state index contributed by atoms with van der Waals surface area (Å²) in [6, 6.07) is 2.74. The Morgan fingerprint density at radius 3 is 1.19 bits per heavy atom. The van der Waals surface area contributed by atoms with Gasteiger partial charge in [-0.2, -0.15) is 0 Å². The second-order valence-corrected chi connectivity index (χ2v) is 15.3. The van der Waals surface area contributed by atoms with Crippen molar-refractivity contribution < 1.29 is 0 Å². The van der Waals surface area contributed by atoms with Crippen molar-refractivity contribution in [3.05, 3.63) is 46.6 Å². The minimum Gasteiger partial charge on any atom is -0.0765 e. The van der Waals surface area contributed by atoms with Crippen molar-refractivity contribution >= 4 is 8.07 Å². The molecule has 2 aliphatic carbocycles. The van der Waals surface area contributed by atoms with Gasteiger partial charge in [-0.1, -0.05) is 117 Å². The summed E-state index contributed by atoms with van der Waals surface area (Å²) >= 11 is 0. The van der Waals surface area contributed by atoms with Crippen LogP contribution < -0.4 is 0 Å². The van der Waals surface area contributed by atoms with Crippen LogP contribution in [0.3, 0.4) is 0 Å². The predicted molar refractivity (Wildman–Crippen MR) is 126 cm³/mol. The van der Waals surface area contributed by atoms with Gasteiger partial charge in [0, 0.05) is 0 Å². The number of allylic oxidation sites excluding steroid dienone is 8. The van der Waals surface area contributed by atoms with E-state index < -0.39 is 8.07 Å². The SMILES string of the molecule is CC[Si](CC)(C1C=C(C(C)C)C=C1C(C)C)C1C=C(C(C)C)C=C1C(C)C. The van der Waals surface area contributed by atoms with Crippen LogP contribution in [-0.2, 0) is 0 Å². The molecule has 0 saturated heterocycles. The van der Waals surface area contributed by atoms with Crippen molar-refractivity contribution in [2.24, 2.45) is 23.7 Å². The molecule has 2 unspecified atom stereocenters. The van der Waals surface area contributed by atoms with Gasteiger partial charge in [-0.3, -0.25) is 0 Å². The monoisotopic (exact) mass is 384 g/mol. The van der Waals surface area contributed by atoms with Crippen LogP contribution in [0.15, 0.2) is 46.6 Å². The van der Waals surface area contributed by atoms with Crippen molar-refractivity contribution in [1.29, 1.82) is 0 Å². The van der Waals surface area contributed by atoms with E-state index in [2.05, 4.69) is 93.5 Å². The van der Waals surface area contributed by atoms with Gasteiger partial charge < -0.3 is 0 Å². The number of rotatable bonds is 8. The third-order valence-electron chi connectivity index (χ3n) is 7.33. The molecule has 0 bridgehead atoms. The topological polar surface area (TPSA) is 0 Å². The van der Waals surface area contributed by atoms with Crippen molar-refractivity contribution in [3.63, 3.8) is 0 Å². The van der Waals surface area contributed by atoms with Crippen molar-refractivity contribution in [1.82, 2.24) is 0 Å². The second kappa shape index (κ2) is 8.68. The molecular formula is C26H44Si. The molecule has 0 saturated carbocycles. The van der Waals surface area contributed by atoms with Gasteiger partial charge in [-0.05, 0) is 45.9 Å². The Bertz CT molecular complexity index is 594. The molecule has 2 atom stereocenters. The van der Waals surface area contributed by atoms with E-state index in [1.54, 1.807) is 22.3 Å². The first-order valence-electron chi connectivity index (χ1n) is 11.4. The predicted octanol–water partition coefficient (Wildman–Crippen LogP) is 8.57. The minimum absolute atomic E-state index is 0.634. The van der Waals surface area contributed by atoms with E-state index in [9.17, 15) is 0 Å². The van der Waals surface area contributed by atoms with Crippen LogP contribution in [0.25, 0.3) is 0 Å². The molecule has 0 fully saturated rings. The highest BCUT2D eigenvalue weighted by atomic mass is 28.3. The third-order valence-corrected chi connectivity index (χ3v) is 13.4. The van der Waals surface area contributed by atoms with Gasteiger partial charge in [0.15, 0.2) is 0 Å². The molecule has 0 aromatic carbocycles. The van der Waals surface area contributed by atoms with Gasteiger partial charge in [0.1, 0.15) is 0 Å². The summed E-state index contributed by atoms with van der Waals surface area (Å²) in [6.45, 7) is 24.0. The summed E-state index contributed by atoms with van der Waals surface area (Å²) in [7, 11) is -1.59. The molecule has 0 radical (unpaired) electrons. The van der Waals surface area contributed by atoms with Gasteiger partial charge in [0.05, 0.1) is 8.07 Å². The summed E-state index contributed by atoms with van der Waals surface area (Å²) < 4.78 is 0. The maximum atomic E-state index is 2.71. The van der Waals surface area contributed by atoms with Gasteiger partial charge in [0.2, 0.25) is 0 Å². The molecule has 0 amide bonds. The van der Waals surface area contributed by atoms with Crippen molar-refractivity contribution in [2.75, 3.05) is 0 Å². The molecule has 2 rings (SSSR count). The average Bonchev–Trinajstić information content (AvgIpc) is 3.22. The Morgan fingerprint density at radius 2 is 0.963 bits per heavy atom. The molecule has 1 heteroatoms. The highest BCUT2D eigenvalue weighted by Gasteiger charge is 2.49. The highest BCUT2D eigenvalue weighted by Crippen LogP contribution is 2.56. The van der Waals surface area contributed by atoms with Crippen LogP contribution in [0, 0.1) is 23.7 Å². The fourth-order valence-corrected chi connectivity index (χ4v) is 11.2. The van der Waals surface area contributed by atoms with E-state index in [4.69, 9.17) is 0 Å². The Morgan fingerprint density at radius 1 is 0.630 bits per heavy atom. The summed E-state index contributed by atoms with van der Waals surface area (Å²) in [5.41, 5.74) is 8.04. The summed E-state index contributed by atoms with van der Waals surface area (Å²) in [6.07, 6.45) is 10.6. The largest absolute Gasteiger partial charge is 0.0765 e. The fourth-order valence-electron chi connectivity index (χ4n) is 5.33. The molecule has 27 heavy (non-hydrogen) atoms. The second-order valence-electron chi connectivity index (χ2n) is 10.1. The Balaban J connectivity index is 2.61. The lowest BCUT2D eigenvalue weighted by Crippen LogP contribution is -2.44. The minimum atomic E-state index is -1.59. The number of hydrogen-bond donors (Lipinski definition) is 0. The maximum Gasteiger partial charge on any atom is 0.0761 e. The zero-order valence-electron chi connectivity index (χ0n) is 19.7. The first-order valence-corrected chi connectivity index (χ1v) is 14.0. The van der Waals surface area contributed by atoms with E-state index >= 15 is 0 Å². The standard InChI is InChI=1S/C26H44Si/c1-11-27(12-2,25-15-21(17(3)4)13-23(25)19(7)8)26-16-22(18(5)6)14-24(26)20(9)10/h13-20,25-26H,11-12H2,1-10H3. The molecular weight excluding hydrogens is 340 g/mol. The molecule has 0 spiro atoms. The van der Waals surface area contributed by atoms with Gasteiger partial charge in [0.25, 0.3) is 0 Å². The van der Waals surface area contributed by atoms with E-state index in [0.717, 1.165) is 0 Å². The van der Waals surface area contributed by atoms with Crippen LogP contribution in [0.1, 0.15) is 69.2 Å². The van der Waals surface area contributed by atoms with Gasteiger partial charge >= 0.3 is 0 Å². The Hall–Kier alpha value is -0.823. The third kappa shape index (κ3) is 4.14. The smallest absolute Gasteiger partial charge is 0.0761 e. The van der Waals surface area contributed by atoms with Crippen LogP contribution in [0.2, 0.25) is 23.2 Å². The van der Waals surface area contributed by atoms with Gasteiger partial charge in [-0.25, -0.2) is 0 Å². The lowest BCUT2D eigenvalue weighted by molar-refractivity contribution is 0.718. The van der Waals surface area contributed by atoms with Crippen molar-refractivity contribution in [3.8, 4) is 0 Å². The molecule has 0 aliphatic heterocycles. The zero-order valence-corrected chi connectivity index (χ0v) is 20.7. The van der Waals surface area contributed by atoms with Crippen LogP contribution >= 0.6 is 0 Å². The lowest BCUT2D eigenvalue weighted by Gasteiger charge is -2.44. The van der Waals surface area contributed by atoms with Crippen molar-refractivity contribution in [2.45, 2.75) is 92.4 Å². The van der Waals surface area contributed by atoms with E-state index in [1.807, 2.05) is 0 Å². The quantitative estimate of drug-likeness (QED) is 0.367. The normalized spacial score (nSPS) is 23.5. The van der Waals surface area contributed by atoms with Gasteiger partial charge in [-0.15, -0.1) is 0 Å². The van der Waals surface area contributed by atoms with E-state index in [0.29, 0.717) is 34.8 Å². The molecule has 0 N–H and O–H groups in total. The molecule has 0 aromatic heterocycles. The number of hydrogen-bond acceptors (Lipinski definition) is 0. The van der Waals surface area contributed by atoms with Crippen LogP contribution in [-0.4, -0.2) is 8.07 Å². The zero-order chi connectivity index (χ0) is 20.5. The first-order chi connectivity index (χ1) is 12.6. The lowest BCUT2D eigenvalue weighted by atomic mass is 10.0. The van der Waals surface area contributed by atoms with Crippen LogP contribution in [0.4, 0.5) is 0 Å². The summed E-state index contributed by atoms with van der Waals surface area (Å²) in [5.74, 6) is 2.56. The van der Waals surface area contributed by atoms with Crippen LogP contribution in [0.5, 0.6) is 0 Å². The molecule has 0 aromatic rings. The fraction of sp³-hybridized carbons (Fsp3) is 0.692. The molecule has 2 aliphatic rings. The molecule has 0 heterocycles. The maximum absolute atomic E-state index is 2.71. The summed E-state index contributed by atoms with van der Waals surface area (Å²) in [4.78, 5) is 0. The molecule has 152 valence electrons. The molecule has 0 nitrogen and oxygen atoms in total. The highest BCUT2D eigenvalue weighted by molar-refractivity contribution is 6.84.